The smallest absolute Gasteiger partial charge is 0.331 e. The van der Waals surface area contributed by atoms with Crippen LogP contribution in [0.5, 0.6) is 0 Å². The molecule has 0 aliphatic carbocycles. The van der Waals surface area contributed by atoms with Crippen LogP contribution in [0.25, 0.3) is 65.4 Å². The molecule has 0 saturated carbocycles. The van der Waals surface area contributed by atoms with Crippen molar-refractivity contribution in [2.24, 2.45) is 15.5 Å². The first-order valence-corrected chi connectivity index (χ1v) is 31.8. The second-order valence-electron chi connectivity index (χ2n) is 22.8. The molecule has 12 nitrogen and oxygen atoms in total. The summed E-state index contributed by atoms with van der Waals surface area (Å²) in [5.41, 5.74) is 12.3. The van der Waals surface area contributed by atoms with Gasteiger partial charge in [-0.15, -0.1) is 0 Å². The lowest BCUT2D eigenvalue weighted by Crippen LogP contribution is -2.05. The topological polar surface area (TPSA) is 131 Å². The highest BCUT2D eigenvalue weighted by molar-refractivity contribution is 6.40. The summed E-state index contributed by atoms with van der Waals surface area (Å²) in [5.74, 6) is -1.30. The van der Waals surface area contributed by atoms with Crippen LogP contribution in [0, 0.1) is 0 Å². The minimum atomic E-state index is -0.434. The predicted octanol–water partition coefficient (Wildman–Crippen LogP) is 19.5. The normalized spacial score (nSPS) is 12.6. The van der Waals surface area contributed by atoms with Crippen molar-refractivity contribution in [3.8, 4) is 0 Å². The Morgan fingerprint density at radius 1 is 0.346 bits per heavy atom. The van der Waals surface area contributed by atoms with Gasteiger partial charge in [-0.1, -0.05) is 191 Å². The average molecular weight is 1110 g/mol. The monoisotopic (exact) mass is 1100 g/mol. The third kappa shape index (κ3) is 15.6. The second-order valence-corrected chi connectivity index (χ2v) is 22.8. The average Bonchev–Trinajstić information content (AvgIpc) is 2.02. The summed E-state index contributed by atoms with van der Waals surface area (Å²) in [6.45, 7) is 20.2. The number of carbonyl (C=O) groups excluding carboxylic acids is 3. The molecule has 0 fully saturated rings. The van der Waals surface area contributed by atoms with Crippen LogP contribution >= 0.6 is 0 Å². The maximum atomic E-state index is 12.4. The van der Waals surface area contributed by atoms with Crippen LogP contribution in [0.4, 0.5) is 0 Å². The summed E-state index contributed by atoms with van der Waals surface area (Å²) >= 11 is 0. The van der Waals surface area contributed by atoms with Crippen molar-refractivity contribution in [1.82, 2.24) is 13.7 Å². The van der Waals surface area contributed by atoms with Crippen LogP contribution < -0.4 is 0 Å². The fourth-order valence-electron chi connectivity index (χ4n) is 12.1. The standard InChI is InChI=1S/C69H96N6O6/c1-10-16-22-28-34-58(70-79-49(7)76)52-37-40-61-55(46-52)64-67(73(61)43-31-25-19-13-4)65-57-48-54(60(72-81-51(9)78)36-30-24-18-12-3)39-42-63(57)75(45-33-27-21-15-6)69(65)66-56-47-53(59(71-80-50(8)77)35-29-23-17-11-2)38-41-62(56)74(68(64)66)44-32-26-20-14-5/h37-42,46-48H,10-36,43-45H2,1-9H3. The molecule has 12 heteroatoms. The highest BCUT2D eigenvalue weighted by Crippen LogP contribution is 2.49. The fraction of sp³-hybridized carbons (Fsp3) is 0.565. The fourth-order valence-corrected chi connectivity index (χ4v) is 12.1. The molecule has 0 bridgehead atoms. The van der Waals surface area contributed by atoms with Crippen molar-refractivity contribution in [2.75, 3.05) is 0 Å². The number of unbranched alkanes of at least 4 members (excludes halogenated alkanes) is 18. The highest BCUT2D eigenvalue weighted by atomic mass is 16.7. The first kappa shape index (κ1) is 62.3. The molecule has 3 heterocycles. The zero-order valence-electron chi connectivity index (χ0n) is 51.0. The van der Waals surface area contributed by atoms with Crippen LogP contribution in [-0.2, 0) is 48.5 Å². The quantitative estimate of drug-likeness (QED) is 0.0166. The third-order valence-corrected chi connectivity index (χ3v) is 16.3. The summed E-state index contributed by atoms with van der Waals surface area (Å²) in [4.78, 5) is 53.8. The zero-order chi connectivity index (χ0) is 57.7. The van der Waals surface area contributed by atoms with E-state index in [1.165, 1.54) is 53.5 Å². The van der Waals surface area contributed by atoms with Gasteiger partial charge in [0.1, 0.15) is 0 Å². The van der Waals surface area contributed by atoms with Crippen molar-refractivity contribution in [3.63, 3.8) is 0 Å². The van der Waals surface area contributed by atoms with Gasteiger partial charge in [0.2, 0.25) is 0 Å². The van der Waals surface area contributed by atoms with Gasteiger partial charge in [0.25, 0.3) is 0 Å². The number of hydrogen-bond donors (Lipinski definition) is 0. The first-order valence-electron chi connectivity index (χ1n) is 31.8. The molecule has 0 amide bonds. The van der Waals surface area contributed by atoms with Crippen LogP contribution in [0.3, 0.4) is 0 Å². The van der Waals surface area contributed by atoms with Gasteiger partial charge in [-0.25, -0.2) is 14.4 Å². The molecule has 81 heavy (non-hydrogen) atoms. The highest BCUT2D eigenvalue weighted by Gasteiger charge is 2.29. The summed E-state index contributed by atoms with van der Waals surface area (Å²) < 4.78 is 7.90. The van der Waals surface area contributed by atoms with Crippen molar-refractivity contribution in [2.45, 2.75) is 255 Å². The van der Waals surface area contributed by atoms with Gasteiger partial charge in [-0.2, -0.15) is 0 Å². The van der Waals surface area contributed by atoms with E-state index in [1.54, 1.807) is 0 Å². The largest absolute Gasteiger partial charge is 0.340 e. The van der Waals surface area contributed by atoms with Crippen LogP contribution in [0.15, 0.2) is 70.1 Å². The minimum Gasteiger partial charge on any atom is -0.340 e. The van der Waals surface area contributed by atoms with E-state index >= 15 is 0 Å². The number of carbonyl (C=O) groups is 3. The number of fused-ring (bicyclic) bond motifs is 12. The van der Waals surface area contributed by atoms with Crippen molar-refractivity contribution < 1.29 is 28.9 Å². The molecule has 0 atom stereocenters. The Hall–Kier alpha value is -6.30. The van der Waals surface area contributed by atoms with E-state index in [0.717, 1.165) is 240 Å². The number of benzene rings is 4. The zero-order valence-corrected chi connectivity index (χ0v) is 51.0. The van der Waals surface area contributed by atoms with Gasteiger partial charge in [-0.05, 0) is 94.2 Å². The molecule has 3 aromatic heterocycles. The number of nitrogens with zero attached hydrogens (tertiary/aromatic N) is 6. The lowest BCUT2D eigenvalue weighted by Gasteiger charge is -2.13. The van der Waals surface area contributed by atoms with Crippen molar-refractivity contribution >= 4 is 100 Å². The van der Waals surface area contributed by atoms with E-state index in [9.17, 15) is 14.4 Å². The Bertz CT molecular complexity index is 2950. The Morgan fingerprint density at radius 3 is 0.827 bits per heavy atom. The van der Waals surface area contributed by atoms with Gasteiger partial charge in [0.05, 0.1) is 33.7 Å². The Balaban J connectivity index is 1.74. The number of rotatable bonds is 36. The first-order chi connectivity index (χ1) is 39.5. The molecule has 0 aliphatic heterocycles. The van der Waals surface area contributed by atoms with E-state index in [-0.39, 0.29) is 0 Å². The van der Waals surface area contributed by atoms with Gasteiger partial charge >= 0.3 is 17.9 Å². The van der Waals surface area contributed by atoms with Crippen LogP contribution in [0.2, 0.25) is 0 Å². The molecular formula is C69H96N6O6. The molecule has 0 radical (unpaired) electrons. The van der Waals surface area contributed by atoms with E-state index in [0.29, 0.717) is 19.3 Å². The molecular weight excluding hydrogens is 1010 g/mol. The number of oxime groups is 3. The molecule has 0 unspecified atom stereocenters. The Morgan fingerprint density at radius 2 is 0.593 bits per heavy atom. The minimum absolute atomic E-state index is 0.434. The Labute approximate surface area is 483 Å². The van der Waals surface area contributed by atoms with Gasteiger partial charge in [-0.3, -0.25) is 0 Å². The van der Waals surface area contributed by atoms with Gasteiger partial charge < -0.3 is 28.2 Å². The predicted molar refractivity (Wildman–Crippen MR) is 339 cm³/mol. The molecule has 438 valence electrons. The summed E-state index contributed by atoms with van der Waals surface area (Å²) in [6.07, 6.45) is 28.1. The lowest BCUT2D eigenvalue weighted by molar-refractivity contribution is -0.141. The van der Waals surface area contributed by atoms with E-state index in [2.05, 4.69) is 125 Å². The van der Waals surface area contributed by atoms with E-state index in [1.807, 2.05) is 0 Å². The molecule has 4 aromatic carbocycles. The van der Waals surface area contributed by atoms with Gasteiger partial charge in [0, 0.05) is 106 Å². The van der Waals surface area contributed by atoms with Crippen molar-refractivity contribution in [3.05, 3.63) is 71.3 Å². The second kappa shape index (κ2) is 31.8. The summed E-state index contributed by atoms with van der Waals surface area (Å²) in [5, 5.41) is 20.8. The molecule has 0 spiro atoms. The number of aryl methyl sites for hydroxylation is 3. The number of hydrogen-bond acceptors (Lipinski definition) is 9. The van der Waals surface area contributed by atoms with Gasteiger partial charge in [0.15, 0.2) is 0 Å². The van der Waals surface area contributed by atoms with E-state index in [4.69, 9.17) is 14.5 Å². The molecule has 0 aliphatic rings. The SMILES string of the molecule is CCCCCCC(=NOC(C)=O)c1ccc2c(c1)c1c(c3c4cc(C(CCCCCC)=NOC(C)=O)ccc4n(CCCCCC)c3c3c4cc(C(CCCCCC)=NOC(C)=O)ccc4n(CCCCCC)c13)n2CCCCCC. The third-order valence-electron chi connectivity index (χ3n) is 16.3. The molecule has 0 N–H and O–H groups in total. The van der Waals surface area contributed by atoms with Crippen LogP contribution in [0.1, 0.15) is 252 Å². The molecule has 7 aromatic rings. The Kier molecular flexibility index (Phi) is 24.4. The molecule has 0 saturated heterocycles. The summed E-state index contributed by atoms with van der Waals surface area (Å²) in [6, 6.07) is 20.5. The molecule has 7 rings (SSSR count). The van der Waals surface area contributed by atoms with E-state index < -0.39 is 17.9 Å². The number of aromatic nitrogens is 3. The summed E-state index contributed by atoms with van der Waals surface area (Å²) in [7, 11) is 0. The van der Waals surface area contributed by atoms with Crippen LogP contribution in [-0.4, -0.2) is 48.7 Å². The maximum Gasteiger partial charge on any atom is 0.331 e. The lowest BCUT2D eigenvalue weighted by atomic mass is 9.97. The maximum absolute atomic E-state index is 12.4. The van der Waals surface area contributed by atoms with Crippen molar-refractivity contribution in [1.29, 1.82) is 0 Å².